The van der Waals surface area contributed by atoms with E-state index in [1.54, 1.807) is 36.4 Å². The van der Waals surface area contributed by atoms with E-state index in [1.807, 2.05) is 31.2 Å². The molecular formula is C20H24ClN3O2. The second-order valence-electron chi connectivity index (χ2n) is 6.15. The van der Waals surface area contributed by atoms with Gasteiger partial charge in [-0.15, -0.1) is 0 Å². The number of nitrogens with one attached hydrogen (secondary N) is 1. The molecule has 1 heterocycles. The van der Waals surface area contributed by atoms with Crippen LogP contribution in [0.3, 0.4) is 0 Å². The monoisotopic (exact) mass is 373 g/mol. The molecule has 0 radical (unpaired) electrons. The molecule has 0 aliphatic carbocycles. The Balaban J connectivity index is 2.05. The zero-order valence-corrected chi connectivity index (χ0v) is 15.9. The van der Waals surface area contributed by atoms with Crippen LogP contribution in [0.15, 0.2) is 48.8 Å². The Morgan fingerprint density at radius 1 is 1.12 bits per heavy atom. The lowest BCUT2D eigenvalue weighted by atomic mass is 10.1. The summed E-state index contributed by atoms with van der Waals surface area (Å²) in [5, 5.41) is 3.53. The third kappa shape index (κ3) is 5.85. The van der Waals surface area contributed by atoms with Gasteiger partial charge in [-0.3, -0.25) is 14.6 Å². The van der Waals surface area contributed by atoms with Gasteiger partial charge >= 0.3 is 0 Å². The number of halogens is 1. The maximum atomic E-state index is 12.6. The Hall–Kier alpha value is -2.40. The van der Waals surface area contributed by atoms with Gasteiger partial charge in [-0.2, -0.15) is 0 Å². The average molecular weight is 374 g/mol. The third-order valence-corrected chi connectivity index (χ3v) is 4.37. The van der Waals surface area contributed by atoms with Crippen molar-refractivity contribution in [2.45, 2.75) is 45.8 Å². The first-order valence-electron chi connectivity index (χ1n) is 8.71. The minimum Gasteiger partial charge on any atom is -0.350 e. The summed E-state index contributed by atoms with van der Waals surface area (Å²) in [4.78, 5) is 30.7. The highest BCUT2D eigenvalue weighted by molar-refractivity contribution is 6.30. The van der Waals surface area contributed by atoms with Crippen molar-refractivity contribution < 1.29 is 9.59 Å². The molecule has 1 N–H and O–H groups in total. The van der Waals surface area contributed by atoms with E-state index < -0.39 is 6.04 Å². The van der Waals surface area contributed by atoms with Crippen LogP contribution in [0.25, 0.3) is 0 Å². The summed E-state index contributed by atoms with van der Waals surface area (Å²) >= 11 is 5.92. The van der Waals surface area contributed by atoms with Crippen LogP contribution in [0.5, 0.6) is 0 Å². The highest BCUT2D eigenvalue weighted by Gasteiger charge is 2.25. The van der Waals surface area contributed by atoms with Gasteiger partial charge in [-0.1, -0.05) is 30.7 Å². The molecule has 0 unspecified atom stereocenters. The van der Waals surface area contributed by atoms with Crippen LogP contribution in [-0.4, -0.2) is 27.7 Å². The summed E-state index contributed by atoms with van der Waals surface area (Å²) in [6.45, 7) is 4.49. The molecule has 2 aromatic rings. The minimum atomic E-state index is -0.563. The lowest BCUT2D eigenvalue weighted by Crippen LogP contribution is -2.47. The van der Waals surface area contributed by atoms with Crippen molar-refractivity contribution in [3.05, 3.63) is 64.9 Å². The van der Waals surface area contributed by atoms with E-state index in [9.17, 15) is 9.59 Å². The van der Waals surface area contributed by atoms with Crippen LogP contribution in [0, 0.1) is 0 Å². The number of benzene rings is 1. The fraction of sp³-hybridized carbons (Fsp3) is 0.350. The summed E-state index contributed by atoms with van der Waals surface area (Å²) < 4.78 is 0. The van der Waals surface area contributed by atoms with Gasteiger partial charge in [0.25, 0.3) is 0 Å². The fourth-order valence-electron chi connectivity index (χ4n) is 2.56. The van der Waals surface area contributed by atoms with E-state index in [4.69, 9.17) is 11.6 Å². The van der Waals surface area contributed by atoms with E-state index >= 15 is 0 Å². The number of hydrogen-bond acceptors (Lipinski definition) is 3. The molecule has 26 heavy (non-hydrogen) atoms. The van der Waals surface area contributed by atoms with Crippen LogP contribution >= 0.6 is 11.6 Å². The molecule has 0 saturated heterocycles. The molecule has 0 fully saturated rings. The van der Waals surface area contributed by atoms with Gasteiger partial charge in [-0.05, 0) is 48.7 Å². The van der Waals surface area contributed by atoms with Gasteiger partial charge in [0.05, 0.1) is 0 Å². The first kappa shape index (κ1) is 19.9. The van der Waals surface area contributed by atoms with Gasteiger partial charge < -0.3 is 10.2 Å². The fourth-order valence-corrected chi connectivity index (χ4v) is 2.69. The molecule has 1 atom stereocenters. The molecule has 2 amide bonds. The Bertz CT molecular complexity index is 720. The molecule has 0 spiro atoms. The quantitative estimate of drug-likeness (QED) is 0.769. The number of hydrogen-bond donors (Lipinski definition) is 1. The molecule has 6 heteroatoms. The highest BCUT2D eigenvalue weighted by Crippen LogP contribution is 2.15. The smallest absolute Gasteiger partial charge is 0.242 e. The zero-order valence-electron chi connectivity index (χ0n) is 15.1. The van der Waals surface area contributed by atoms with Crippen molar-refractivity contribution in [1.29, 1.82) is 0 Å². The van der Waals surface area contributed by atoms with Gasteiger partial charge in [0.15, 0.2) is 0 Å². The topological polar surface area (TPSA) is 62.3 Å². The number of rotatable bonds is 8. The number of carbonyl (C=O) groups excluding carboxylic acids is 2. The van der Waals surface area contributed by atoms with E-state index in [2.05, 4.69) is 10.3 Å². The Morgan fingerprint density at radius 2 is 1.77 bits per heavy atom. The minimum absolute atomic E-state index is 0.0333. The van der Waals surface area contributed by atoms with Crippen molar-refractivity contribution in [2.75, 3.05) is 0 Å². The van der Waals surface area contributed by atoms with Crippen LogP contribution in [0.4, 0.5) is 0 Å². The molecule has 2 rings (SSSR count). The van der Waals surface area contributed by atoms with Crippen LogP contribution in [0.2, 0.25) is 5.02 Å². The second-order valence-corrected chi connectivity index (χ2v) is 6.58. The number of carbonyl (C=O) groups is 2. The lowest BCUT2D eigenvalue weighted by molar-refractivity contribution is -0.140. The predicted molar refractivity (Wildman–Crippen MR) is 102 cm³/mol. The van der Waals surface area contributed by atoms with Crippen molar-refractivity contribution in [3.8, 4) is 0 Å². The molecule has 0 aliphatic heterocycles. The molecule has 1 aromatic carbocycles. The second kappa shape index (κ2) is 9.92. The van der Waals surface area contributed by atoms with Gasteiger partial charge in [0.1, 0.15) is 6.04 Å². The summed E-state index contributed by atoms with van der Waals surface area (Å²) in [5.41, 5.74) is 1.90. The zero-order chi connectivity index (χ0) is 18.9. The molecule has 138 valence electrons. The predicted octanol–water partition coefficient (Wildman–Crippen LogP) is 3.57. The molecule has 0 saturated carbocycles. The van der Waals surface area contributed by atoms with E-state index in [0.29, 0.717) is 24.5 Å². The molecule has 1 aromatic heterocycles. The van der Waals surface area contributed by atoms with Gasteiger partial charge in [0, 0.05) is 36.9 Å². The van der Waals surface area contributed by atoms with Crippen LogP contribution in [-0.2, 0) is 22.7 Å². The SMILES string of the molecule is CCCC(=O)N(Cc1ccc(Cl)cc1)[C@H](C)C(=O)NCc1ccncc1. The average Bonchev–Trinajstić information content (AvgIpc) is 2.66. The Kier molecular flexibility index (Phi) is 7.60. The van der Waals surface area contributed by atoms with E-state index in [-0.39, 0.29) is 11.8 Å². The number of aromatic nitrogens is 1. The van der Waals surface area contributed by atoms with Crippen LogP contribution in [0.1, 0.15) is 37.8 Å². The molecular weight excluding hydrogens is 350 g/mol. The number of pyridine rings is 1. The van der Waals surface area contributed by atoms with Crippen molar-refractivity contribution >= 4 is 23.4 Å². The lowest BCUT2D eigenvalue weighted by Gasteiger charge is -2.28. The van der Waals surface area contributed by atoms with Crippen molar-refractivity contribution in [3.63, 3.8) is 0 Å². The first-order chi connectivity index (χ1) is 12.5. The Labute approximate surface area is 159 Å². The van der Waals surface area contributed by atoms with Gasteiger partial charge in [-0.25, -0.2) is 0 Å². The number of amides is 2. The maximum absolute atomic E-state index is 12.6. The van der Waals surface area contributed by atoms with Crippen molar-refractivity contribution in [2.24, 2.45) is 0 Å². The summed E-state index contributed by atoms with van der Waals surface area (Å²) in [6.07, 6.45) is 4.52. The Morgan fingerprint density at radius 3 is 2.38 bits per heavy atom. The molecule has 0 bridgehead atoms. The first-order valence-corrected chi connectivity index (χ1v) is 9.09. The molecule has 0 aliphatic rings. The number of nitrogens with zero attached hydrogens (tertiary/aromatic N) is 2. The van der Waals surface area contributed by atoms with Crippen molar-refractivity contribution in [1.82, 2.24) is 15.2 Å². The van der Waals surface area contributed by atoms with Crippen LogP contribution < -0.4 is 5.32 Å². The summed E-state index contributed by atoms with van der Waals surface area (Å²) in [7, 11) is 0. The summed E-state index contributed by atoms with van der Waals surface area (Å²) in [6, 6.07) is 10.4. The largest absolute Gasteiger partial charge is 0.350 e. The van der Waals surface area contributed by atoms with E-state index in [0.717, 1.165) is 17.5 Å². The standard InChI is InChI=1S/C20H24ClN3O2/c1-3-4-19(25)24(14-17-5-7-18(21)8-6-17)15(2)20(26)23-13-16-9-11-22-12-10-16/h5-12,15H,3-4,13-14H2,1-2H3,(H,23,26)/t15-/m1/s1. The molecule has 5 nitrogen and oxygen atoms in total. The third-order valence-electron chi connectivity index (χ3n) is 4.11. The summed E-state index contributed by atoms with van der Waals surface area (Å²) in [5.74, 6) is -0.214. The van der Waals surface area contributed by atoms with Gasteiger partial charge in [0.2, 0.25) is 11.8 Å². The maximum Gasteiger partial charge on any atom is 0.242 e. The highest BCUT2D eigenvalue weighted by atomic mass is 35.5. The normalized spacial score (nSPS) is 11.7. The van der Waals surface area contributed by atoms with E-state index in [1.165, 1.54) is 0 Å².